The van der Waals surface area contributed by atoms with Gasteiger partial charge in [0.05, 0.1) is 0 Å². The minimum atomic E-state index is -0.336. The molecule has 3 aromatic carbocycles. The van der Waals surface area contributed by atoms with Gasteiger partial charge in [-0.05, 0) is 25.0 Å². The molecule has 0 N–H and O–H groups in total. The van der Waals surface area contributed by atoms with E-state index in [4.69, 9.17) is 0 Å². The van der Waals surface area contributed by atoms with Crippen LogP contribution in [0.5, 0.6) is 0 Å². The first kappa shape index (κ1) is 24.9. The molecule has 2 nitrogen and oxygen atoms in total. The van der Waals surface area contributed by atoms with Gasteiger partial charge >= 0.3 is 27.7 Å². The van der Waals surface area contributed by atoms with Crippen LogP contribution in [0.1, 0.15) is 33.9 Å². The SMILES string of the molecule is [Br-].[CH2][C@@H]1C[C@H](C(=O)c2ccccc2)[C@H](c2ccccc2F)N1Cc1ccccc1.[Hg+]. The first-order valence-electron chi connectivity index (χ1n) is 9.61. The van der Waals surface area contributed by atoms with Gasteiger partial charge in [-0.15, -0.1) is 0 Å². The van der Waals surface area contributed by atoms with Gasteiger partial charge in [-0.25, -0.2) is 4.39 Å². The van der Waals surface area contributed by atoms with Crippen LogP contribution >= 0.6 is 0 Å². The number of ketones is 1. The van der Waals surface area contributed by atoms with Crippen molar-refractivity contribution >= 4 is 5.78 Å². The van der Waals surface area contributed by atoms with E-state index < -0.39 is 0 Å². The molecule has 4 rings (SSSR count). The predicted octanol–water partition coefficient (Wildman–Crippen LogP) is 2.48. The first-order valence-corrected chi connectivity index (χ1v) is 9.61. The van der Waals surface area contributed by atoms with Gasteiger partial charge in [0, 0.05) is 35.7 Å². The van der Waals surface area contributed by atoms with Gasteiger partial charge in [0.2, 0.25) is 0 Å². The van der Waals surface area contributed by atoms with Crippen LogP contribution in [0.4, 0.5) is 4.39 Å². The minimum absolute atomic E-state index is 0. The van der Waals surface area contributed by atoms with E-state index in [2.05, 4.69) is 24.0 Å². The van der Waals surface area contributed by atoms with E-state index in [1.54, 1.807) is 12.1 Å². The minimum Gasteiger partial charge on any atom is -1.00 e. The van der Waals surface area contributed by atoms with E-state index in [1.165, 1.54) is 6.07 Å². The van der Waals surface area contributed by atoms with Crippen LogP contribution in [0.15, 0.2) is 84.9 Å². The van der Waals surface area contributed by atoms with E-state index >= 15 is 0 Å². The third kappa shape index (κ3) is 5.27. The summed E-state index contributed by atoms with van der Waals surface area (Å²) in [6, 6.07) is 25.7. The number of benzene rings is 3. The summed E-state index contributed by atoms with van der Waals surface area (Å²) in [6.07, 6.45) is 0.611. The maximum atomic E-state index is 14.8. The maximum absolute atomic E-state index is 14.8. The van der Waals surface area contributed by atoms with Gasteiger partial charge in [0.1, 0.15) is 5.82 Å². The molecular formula is C25H23BrFHgNO. The maximum Gasteiger partial charge on any atom is 1.00 e. The van der Waals surface area contributed by atoms with Crippen LogP contribution in [-0.4, -0.2) is 16.7 Å². The number of carbonyl (C=O) groups excluding carboxylic acids is 1. The Morgan fingerprint density at radius 1 is 0.933 bits per heavy atom. The smallest absolute Gasteiger partial charge is 1.00 e. The van der Waals surface area contributed by atoms with E-state index in [0.29, 0.717) is 24.1 Å². The standard InChI is InChI=1S/C25H23FNO.BrH.Hg/c1-18-16-22(25(28)20-12-6-3-7-13-20)24(21-14-8-9-15-23(21)26)27(18)17-19-10-4-2-5-11-19;;/h2-15,18,22,24H,1,16-17H2;1H;/q;;+1/p-1/t18-,22+,24+;;/m1../s1. The topological polar surface area (TPSA) is 20.3 Å². The summed E-state index contributed by atoms with van der Waals surface area (Å²) < 4.78 is 14.8. The average molecular weight is 653 g/mol. The molecule has 3 aromatic rings. The fourth-order valence-corrected chi connectivity index (χ4v) is 4.21. The van der Waals surface area contributed by atoms with Crippen molar-refractivity contribution in [2.45, 2.75) is 25.0 Å². The van der Waals surface area contributed by atoms with E-state index in [1.807, 2.05) is 54.6 Å². The molecule has 0 unspecified atom stereocenters. The average Bonchev–Trinajstić information content (AvgIpc) is 3.05. The Bertz CT molecular complexity index is 954. The summed E-state index contributed by atoms with van der Waals surface area (Å²) in [6.45, 7) is 4.93. The van der Waals surface area contributed by atoms with Crippen molar-refractivity contribution in [2.24, 2.45) is 5.92 Å². The molecule has 0 aliphatic carbocycles. The van der Waals surface area contributed by atoms with Gasteiger partial charge in [0.25, 0.3) is 0 Å². The summed E-state index contributed by atoms with van der Waals surface area (Å²) in [5.41, 5.74) is 2.37. The molecule has 3 atom stereocenters. The van der Waals surface area contributed by atoms with Crippen LogP contribution in [0, 0.1) is 18.7 Å². The number of halogens is 2. The summed E-state index contributed by atoms with van der Waals surface area (Å²) in [5.74, 6) is -0.547. The molecule has 1 heterocycles. The van der Waals surface area contributed by atoms with Crippen LogP contribution in [-0.2, 0) is 34.2 Å². The van der Waals surface area contributed by atoms with Crippen molar-refractivity contribution < 1.29 is 53.8 Å². The number of rotatable bonds is 5. The zero-order chi connectivity index (χ0) is 19.5. The third-order valence-corrected chi connectivity index (χ3v) is 5.56. The molecule has 1 aliphatic rings. The summed E-state index contributed by atoms with van der Waals surface area (Å²) >= 11 is 0. The van der Waals surface area contributed by atoms with Crippen molar-refractivity contribution in [3.8, 4) is 0 Å². The molecule has 150 valence electrons. The molecule has 0 bridgehead atoms. The number of nitrogens with zero attached hydrogens (tertiary/aromatic N) is 1. The number of likely N-dealkylation sites (tertiary alicyclic amines) is 1. The largest absolute Gasteiger partial charge is 1.00 e. The van der Waals surface area contributed by atoms with Crippen molar-refractivity contribution in [3.63, 3.8) is 0 Å². The van der Waals surface area contributed by atoms with Gasteiger partial charge in [0.15, 0.2) is 5.78 Å². The summed E-state index contributed by atoms with van der Waals surface area (Å²) in [5, 5.41) is 0. The van der Waals surface area contributed by atoms with E-state index in [0.717, 1.165) is 5.56 Å². The Morgan fingerprint density at radius 3 is 2.13 bits per heavy atom. The van der Waals surface area contributed by atoms with E-state index in [9.17, 15) is 9.18 Å². The second-order valence-electron chi connectivity index (χ2n) is 7.35. The molecular weight excluding hydrogens is 630 g/mol. The monoisotopic (exact) mass is 653 g/mol. The fraction of sp³-hybridized carbons (Fsp3) is 0.200. The zero-order valence-electron chi connectivity index (χ0n) is 16.8. The fourth-order valence-electron chi connectivity index (χ4n) is 4.21. The molecule has 0 aromatic heterocycles. The second-order valence-corrected chi connectivity index (χ2v) is 7.35. The first-order chi connectivity index (χ1) is 13.6. The Labute approximate surface area is 208 Å². The Balaban J connectivity index is 0.00000160. The summed E-state index contributed by atoms with van der Waals surface area (Å²) in [7, 11) is 0. The van der Waals surface area contributed by atoms with Crippen molar-refractivity contribution in [1.29, 1.82) is 0 Å². The number of hydrogen-bond acceptors (Lipinski definition) is 2. The summed E-state index contributed by atoms with van der Waals surface area (Å²) in [4.78, 5) is 15.5. The van der Waals surface area contributed by atoms with E-state index in [-0.39, 0.29) is 74.3 Å². The molecule has 1 fully saturated rings. The molecule has 5 heteroatoms. The van der Waals surface area contributed by atoms with Crippen molar-refractivity contribution in [2.75, 3.05) is 0 Å². The Morgan fingerprint density at radius 2 is 1.50 bits per heavy atom. The molecule has 0 saturated carbocycles. The van der Waals surface area contributed by atoms with Gasteiger partial charge in [-0.2, -0.15) is 0 Å². The normalized spacial score (nSPS) is 20.8. The van der Waals surface area contributed by atoms with Gasteiger partial charge in [-0.3, -0.25) is 9.69 Å². The van der Waals surface area contributed by atoms with Crippen LogP contribution in [0.2, 0.25) is 0 Å². The quantitative estimate of drug-likeness (QED) is 0.312. The molecule has 1 saturated heterocycles. The van der Waals surface area contributed by atoms with Crippen LogP contribution in [0.25, 0.3) is 0 Å². The van der Waals surface area contributed by atoms with Crippen LogP contribution in [0.3, 0.4) is 0 Å². The van der Waals surface area contributed by atoms with Gasteiger partial charge < -0.3 is 17.0 Å². The van der Waals surface area contributed by atoms with Crippen molar-refractivity contribution in [1.82, 2.24) is 4.90 Å². The van der Waals surface area contributed by atoms with Crippen LogP contribution < -0.4 is 17.0 Å². The Hall–Kier alpha value is -1.36. The molecule has 2 radical (unpaired) electrons. The second kappa shape index (κ2) is 11.3. The molecule has 0 amide bonds. The number of Topliss-reactive ketones (excluding diaryl/α,β-unsaturated/α-hetero) is 1. The molecule has 30 heavy (non-hydrogen) atoms. The molecule has 0 spiro atoms. The third-order valence-electron chi connectivity index (χ3n) is 5.56. The predicted molar refractivity (Wildman–Crippen MR) is 109 cm³/mol. The Kier molecular flexibility index (Phi) is 9.39. The number of hydrogen-bond donors (Lipinski definition) is 0. The molecule has 1 aliphatic heterocycles. The zero-order valence-corrected chi connectivity index (χ0v) is 23.8. The van der Waals surface area contributed by atoms with Gasteiger partial charge in [-0.1, -0.05) is 78.9 Å². The van der Waals surface area contributed by atoms with Crippen molar-refractivity contribution in [3.05, 3.63) is 114 Å². The number of carbonyl (C=O) groups is 1.